The molecule has 0 aliphatic carbocycles. The lowest BCUT2D eigenvalue weighted by Crippen LogP contribution is -2.56. The zero-order valence-corrected chi connectivity index (χ0v) is 17.4. The number of ether oxygens (including phenoxy) is 1. The number of hydrogen-bond acceptors (Lipinski definition) is 7. The summed E-state index contributed by atoms with van der Waals surface area (Å²) in [5, 5.41) is 10.3. The van der Waals surface area contributed by atoms with Crippen molar-refractivity contribution < 1.29 is 4.74 Å². The molecule has 1 aromatic rings. The fourth-order valence-corrected chi connectivity index (χ4v) is 3.80. The van der Waals surface area contributed by atoms with Gasteiger partial charge < -0.3 is 25.6 Å². The van der Waals surface area contributed by atoms with Crippen molar-refractivity contribution in [3.63, 3.8) is 0 Å². The number of fused-ring (bicyclic) bond motifs is 1. The van der Waals surface area contributed by atoms with Gasteiger partial charge in [-0.15, -0.1) is 0 Å². The minimum absolute atomic E-state index is 0.130. The maximum absolute atomic E-state index is 5.82. The van der Waals surface area contributed by atoms with Crippen LogP contribution in [0.1, 0.15) is 18.1 Å². The van der Waals surface area contributed by atoms with E-state index in [0.29, 0.717) is 6.54 Å². The maximum Gasteiger partial charge on any atom is 0.151 e. The van der Waals surface area contributed by atoms with Gasteiger partial charge >= 0.3 is 0 Å². The molecular weight excluding hydrogens is 364 g/mol. The number of nitrogens with one attached hydrogen (secondary N) is 3. The van der Waals surface area contributed by atoms with Crippen LogP contribution in [0.3, 0.4) is 0 Å². The number of benzene rings is 1. The van der Waals surface area contributed by atoms with Gasteiger partial charge in [0.15, 0.2) is 5.84 Å². The first-order valence-electron chi connectivity index (χ1n) is 10.2. The summed E-state index contributed by atoms with van der Waals surface area (Å²) in [6.45, 7) is 6.24. The van der Waals surface area contributed by atoms with Crippen LogP contribution in [0.15, 0.2) is 52.7 Å². The molecular formula is C22H30N6O. The number of morpholine rings is 1. The molecule has 4 rings (SSSR count). The molecule has 0 amide bonds. The van der Waals surface area contributed by atoms with Gasteiger partial charge in [-0.2, -0.15) is 0 Å². The molecule has 29 heavy (non-hydrogen) atoms. The lowest BCUT2D eigenvalue weighted by atomic mass is 9.88. The predicted molar refractivity (Wildman–Crippen MR) is 118 cm³/mol. The largest absolute Gasteiger partial charge is 0.376 e. The van der Waals surface area contributed by atoms with E-state index in [9.17, 15) is 0 Å². The number of amidine groups is 1. The summed E-state index contributed by atoms with van der Waals surface area (Å²) in [4.78, 5) is 11.7. The molecule has 3 aliphatic rings. The van der Waals surface area contributed by atoms with Gasteiger partial charge in [-0.05, 0) is 38.2 Å². The van der Waals surface area contributed by atoms with Crippen LogP contribution in [0, 0.1) is 0 Å². The Labute approximate surface area is 172 Å². The monoisotopic (exact) mass is 394 g/mol. The van der Waals surface area contributed by atoms with E-state index in [1.807, 2.05) is 6.20 Å². The van der Waals surface area contributed by atoms with E-state index in [1.165, 1.54) is 5.56 Å². The normalized spacial score (nSPS) is 26.2. The SMILES string of the molecule is CN(C)Cc1ccc(C2=CC3(C)NC=CN=C3C(NC[C@@H]3CNCCO3)=N2)cc1. The minimum atomic E-state index is -0.401. The summed E-state index contributed by atoms with van der Waals surface area (Å²) in [7, 11) is 4.16. The standard InChI is InChI=1S/C22H30N6O/c1-22-12-19(17-6-4-16(5-7-17)15-28(2)3)27-21(20(22)24-8-9-26-22)25-14-18-13-23-10-11-29-18/h4-9,12,18,23,26H,10-11,13-15H2,1-3H3,(H,25,27)/t18-,22?/m0/s1. The number of hydrogen-bond donors (Lipinski definition) is 3. The van der Waals surface area contributed by atoms with E-state index >= 15 is 0 Å². The molecule has 1 saturated heterocycles. The first-order chi connectivity index (χ1) is 14.0. The molecule has 0 saturated carbocycles. The molecule has 3 aliphatic heterocycles. The van der Waals surface area contributed by atoms with Gasteiger partial charge in [-0.1, -0.05) is 24.3 Å². The summed E-state index contributed by atoms with van der Waals surface area (Å²) in [6.07, 6.45) is 5.95. The van der Waals surface area contributed by atoms with Crippen LogP contribution in [0.2, 0.25) is 0 Å². The summed E-state index contributed by atoms with van der Waals surface area (Å²) in [5.74, 6) is 0.799. The van der Waals surface area contributed by atoms with Crippen molar-refractivity contribution >= 4 is 17.2 Å². The third kappa shape index (κ3) is 4.58. The van der Waals surface area contributed by atoms with Crippen molar-refractivity contribution in [3.05, 3.63) is 53.9 Å². The molecule has 0 aromatic heterocycles. The molecule has 2 atom stereocenters. The van der Waals surface area contributed by atoms with E-state index in [2.05, 4.69) is 77.2 Å². The van der Waals surface area contributed by atoms with E-state index in [0.717, 1.165) is 49.0 Å². The Morgan fingerprint density at radius 2 is 2.10 bits per heavy atom. The average Bonchev–Trinajstić information content (AvgIpc) is 2.72. The van der Waals surface area contributed by atoms with Crippen LogP contribution >= 0.6 is 0 Å². The van der Waals surface area contributed by atoms with Crippen molar-refractivity contribution in [1.82, 2.24) is 20.9 Å². The fourth-order valence-electron chi connectivity index (χ4n) is 3.80. The predicted octanol–water partition coefficient (Wildman–Crippen LogP) is 1.35. The molecule has 3 heterocycles. The Kier molecular flexibility index (Phi) is 5.80. The van der Waals surface area contributed by atoms with Crippen LogP contribution in [0.4, 0.5) is 0 Å². The Balaban J connectivity index is 1.58. The molecule has 3 N–H and O–H groups in total. The molecule has 0 spiro atoms. The number of rotatable bonds is 5. The molecule has 1 fully saturated rings. The van der Waals surface area contributed by atoms with Gasteiger partial charge in [0.25, 0.3) is 0 Å². The van der Waals surface area contributed by atoms with Crippen LogP contribution in [0.25, 0.3) is 5.70 Å². The zero-order chi connectivity index (χ0) is 20.3. The topological polar surface area (TPSA) is 73.3 Å². The first-order valence-corrected chi connectivity index (χ1v) is 10.2. The van der Waals surface area contributed by atoms with Crippen LogP contribution in [-0.4, -0.2) is 68.4 Å². The van der Waals surface area contributed by atoms with Crippen LogP contribution in [0.5, 0.6) is 0 Å². The van der Waals surface area contributed by atoms with Crippen LogP contribution in [-0.2, 0) is 11.3 Å². The van der Waals surface area contributed by atoms with E-state index < -0.39 is 5.54 Å². The van der Waals surface area contributed by atoms with Gasteiger partial charge in [0.05, 0.1) is 18.4 Å². The zero-order valence-electron chi connectivity index (χ0n) is 17.4. The van der Waals surface area contributed by atoms with Gasteiger partial charge in [0.2, 0.25) is 0 Å². The molecule has 7 nitrogen and oxygen atoms in total. The van der Waals surface area contributed by atoms with Crippen molar-refractivity contribution in [1.29, 1.82) is 0 Å². The Bertz CT molecular complexity index is 849. The Hall–Kier alpha value is -2.48. The van der Waals surface area contributed by atoms with E-state index in [-0.39, 0.29) is 6.10 Å². The van der Waals surface area contributed by atoms with Crippen molar-refractivity contribution in [2.24, 2.45) is 9.98 Å². The van der Waals surface area contributed by atoms with Crippen LogP contribution < -0.4 is 16.0 Å². The van der Waals surface area contributed by atoms with Gasteiger partial charge in [-0.3, -0.25) is 4.99 Å². The third-order valence-corrected chi connectivity index (χ3v) is 5.29. The molecule has 1 aromatic carbocycles. The van der Waals surface area contributed by atoms with Gasteiger partial charge in [0.1, 0.15) is 11.3 Å². The van der Waals surface area contributed by atoms with Crippen molar-refractivity contribution in [2.45, 2.75) is 25.1 Å². The second kappa shape index (κ2) is 8.49. The first kappa shape index (κ1) is 19.8. The van der Waals surface area contributed by atoms with Gasteiger partial charge in [-0.25, -0.2) is 4.99 Å². The number of aliphatic imine (C=N–C) groups is 2. The summed E-state index contributed by atoms with van der Waals surface area (Å²) >= 11 is 0. The average molecular weight is 395 g/mol. The van der Waals surface area contributed by atoms with E-state index in [1.54, 1.807) is 6.20 Å². The second-order valence-corrected chi connectivity index (χ2v) is 8.14. The highest BCUT2D eigenvalue weighted by molar-refractivity contribution is 6.47. The minimum Gasteiger partial charge on any atom is -0.376 e. The summed E-state index contributed by atoms with van der Waals surface area (Å²) in [5.41, 5.74) is 3.82. The second-order valence-electron chi connectivity index (χ2n) is 8.14. The molecule has 154 valence electrons. The molecule has 0 bridgehead atoms. The maximum atomic E-state index is 5.82. The lowest BCUT2D eigenvalue weighted by Gasteiger charge is -2.35. The van der Waals surface area contributed by atoms with Crippen molar-refractivity contribution in [3.8, 4) is 0 Å². The summed E-state index contributed by atoms with van der Waals surface area (Å²) < 4.78 is 5.82. The molecule has 0 radical (unpaired) electrons. The Morgan fingerprint density at radius 3 is 2.83 bits per heavy atom. The Morgan fingerprint density at radius 1 is 1.28 bits per heavy atom. The summed E-state index contributed by atoms with van der Waals surface area (Å²) in [6, 6.07) is 8.62. The molecule has 7 heteroatoms. The van der Waals surface area contributed by atoms with Crippen molar-refractivity contribution in [2.75, 3.05) is 40.3 Å². The van der Waals surface area contributed by atoms with E-state index in [4.69, 9.17) is 9.73 Å². The quantitative estimate of drug-likeness (QED) is 0.703. The third-order valence-electron chi connectivity index (χ3n) is 5.29. The highest BCUT2D eigenvalue weighted by atomic mass is 16.5. The number of nitrogens with zero attached hydrogens (tertiary/aromatic N) is 3. The fraction of sp³-hybridized carbons (Fsp3) is 0.455. The van der Waals surface area contributed by atoms with Gasteiger partial charge in [0, 0.05) is 38.6 Å². The lowest BCUT2D eigenvalue weighted by molar-refractivity contribution is 0.0320. The molecule has 1 unspecified atom stereocenters. The smallest absolute Gasteiger partial charge is 0.151 e. The highest BCUT2D eigenvalue weighted by Crippen LogP contribution is 2.28. The highest BCUT2D eigenvalue weighted by Gasteiger charge is 2.36.